The van der Waals surface area contributed by atoms with Crippen molar-refractivity contribution in [3.05, 3.63) is 58.9 Å². The zero-order valence-electron chi connectivity index (χ0n) is 10.9. The van der Waals surface area contributed by atoms with E-state index in [1.165, 1.54) is 12.1 Å². The van der Waals surface area contributed by atoms with Gasteiger partial charge in [0.05, 0.1) is 19.8 Å². The van der Waals surface area contributed by atoms with Crippen molar-refractivity contribution in [1.29, 1.82) is 0 Å². The minimum absolute atomic E-state index is 0.250. The zero-order chi connectivity index (χ0) is 14.5. The summed E-state index contributed by atoms with van der Waals surface area (Å²) in [5.41, 5.74) is 0.960. The maximum Gasteiger partial charge on any atom is 0.130 e. The van der Waals surface area contributed by atoms with Crippen LogP contribution < -0.4 is 10.1 Å². The molecule has 2 rings (SSSR count). The summed E-state index contributed by atoms with van der Waals surface area (Å²) in [6, 6.07) is 11.0. The van der Waals surface area contributed by atoms with Crippen LogP contribution in [0.5, 0.6) is 5.75 Å². The summed E-state index contributed by atoms with van der Waals surface area (Å²) < 4.78 is 19.0. The molecule has 0 amide bonds. The van der Waals surface area contributed by atoms with Crippen LogP contribution in [-0.4, -0.2) is 18.8 Å². The van der Waals surface area contributed by atoms with Gasteiger partial charge in [0.15, 0.2) is 0 Å². The number of aliphatic hydroxyl groups is 1. The molecule has 0 aliphatic heterocycles. The van der Waals surface area contributed by atoms with Crippen LogP contribution in [0.4, 0.5) is 10.1 Å². The Morgan fingerprint density at radius 2 is 2.05 bits per heavy atom. The van der Waals surface area contributed by atoms with Crippen LogP contribution in [0.1, 0.15) is 11.6 Å². The number of rotatable bonds is 5. The lowest BCUT2D eigenvalue weighted by molar-refractivity contribution is 0.274. The van der Waals surface area contributed by atoms with Crippen LogP contribution in [0, 0.1) is 5.82 Å². The normalized spacial score (nSPS) is 12.0. The molecule has 2 N–H and O–H groups in total. The van der Waals surface area contributed by atoms with Gasteiger partial charge in [0.25, 0.3) is 0 Å². The van der Waals surface area contributed by atoms with E-state index in [1.807, 2.05) is 0 Å². The molecule has 0 fully saturated rings. The Morgan fingerprint density at radius 3 is 2.70 bits per heavy atom. The molecule has 0 saturated heterocycles. The summed E-state index contributed by atoms with van der Waals surface area (Å²) in [6.07, 6.45) is 0. The minimum atomic E-state index is -0.629. The first-order valence-electron chi connectivity index (χ1n) is 6.11. The van der Waals surface area contributed by atoms with E-state index in [0.29, 0.717) is 11.4 Å². The second-order valence-electron chi connectivity index (χ2n) is 4.25. The highest BCUT2D eigenvalue weighted by atomic mass is 35.5. The van der Waals surface area contributed by atoms with Crippen molar-refractivity contribution in [3.63, 3.8) is 0 Å². The molecule has 0 aliphatic carbocycles. The predicted octanol–water partition coefficient (Wildman–Crippen LogP) is 3.63. The van der Waals surface area contributed by atoms with E-state index >= 15 is 0 Å². The van der Waals surface area contributed by atoms with Crippen LogP contribution in [0.15, 0.2) is 42.5 Å². The van der Waals surface area contributed by atoms with E-state index in [0.717, 1.165) is 0 Å². The average Bonchev–Trinajstić information content (AvgIpc) is 2.46. The number of benzene rings is 2. The molecule has 0 spiro atoms. The van der Waals surface area contributed by atoms with Gasteiger partial charge in [-0.15, -0.1) is 0 Å². The van der Waals surface area contributed by atoms with Gasteiger partial charge in [0, 0.05) is 22.3 Å². The molecule has 3 nitrogen and oxygen atoms in total. The highest BCUT2D eigenvalue weighted by molar-refractivity contribution is 6.31. The average molecular weight is 296 g/mol. The highest BCUT2D eigenvalue weighted by Gasteiger charge is 2.18. The fraction of sp³-hybridized carbons (Fsp3) is 0.200. The number of ether oxygens (including phenoxy) is 1. The first-order chi connectivity index (χ1) is 9.65. The summed E-state index contributed by atoms with van der Waals surface area (Å²) in [5, 5.41) is 12.8. The first kappa shape index (κ1) is 14.6. The van der Waals surface area contributed by atoms with Gasteiger partial charge < -0.3 is 15.2 Å². The van der Waals surface area contributed by atoms with E-state index in [2.05, 4.69) is 5.32 Å². The molecule has 2 aromatic carbocycles. The van der Waals surface area contributed by atoms with E-state index in [4.69, 9.17) is 16.3 Å². The van der Waals surface area contributed by atoms with Crippen molar-refractivity contribution in [2.75, 3.05) is 19.0 Å². The molecular weight excluding hydrogens is 281 g/mol. The Labute approximate surface area is 122 Å². The van der Waals surface area contributed by atoms with Gasteiger partial charge in [0.1, 0.15) is 11.6 Å². The number of anilines is 1. The zero-order valence-corrected chi connectivity index (χ0v) is 11.7. The number of halogens is 2. The molecule has 5 heteroatoms. The molecular formula is C15H15ClFNO2. The Balaban J connectivity index is 2.29. The maximum atomic E-state index is 13.9. The van der Waals surface area contributed by atoms with Gasteiger partial charge in [-0.1, -0.05) is 23.7 Å². The van der Waals surface area contributed by atoms with Crippen LogP contribution in [0.25, 0.3) is 0 Å². The second kappa shape index (κ2) is 6.59. The summed E-state index contributed by atoms with van der Waals surface area (Å²) in [6.45, 7) is -0.280. The van der Waals surface area contributed by atoms with E-state index < -0.39 is 11.9 Å². The van der Waals surface area contributed by atoms with Crippen LogP contribution >= 0.6 is 11.6 Å². The topological polar surface area (TPSA) is 41.5 Å². The lowest BCUT2D eigenvalue weighted by Crippen LogP contribution is -2.17. The number of methoxy groups -OCH3 is 1. The maximum absolute atomic E-state index is 13.9. The third-order valence-electron chi connectivity index (χ3n) is 2.94. The largest absolute Gasteiger partial charge is 0.497 e. The van der Waals surface area contributed by atoms with Crippen molar-refractivity contribution in [2.45, 2.75) is 6.04 Å². The molecule has 106 valence electrons. The molecule has 1 atom stereocenters. The number of nitrogens with one attached hydrogen (secondary N) is 1. The van der Waals surface area contributed by atoms with Gasteiger partial charge in [-0.2, -0.15) is 0 Å². The second-order valence-corrected chi connectivity index (χ2v) is 4.65. The number of hydrogen-bond acceptors (Lipinski definition) is 3. The third-order valence-corrected chi connectivity index (χ3v) is 3.27. The van der Waals surface area contributed by atoms with Gasteiger partial charge in [-0.25, -0.2) is 4.39 Å². The lowest BCUT2D eigenvalue weighted by Gasteiger charge is -2.20. The molecule has 0 radical (unpaired) electrons. The van der Waals surface area contributed by atoms with Gasteiger partial charge >= 0.3 is 0 Å². The van der Waals surface area contributed by atoms with Crippen molar-refractivity contribution < 1.29 is 14.2 Å². The molecule has 20 heavy (non-hydrogen) atoms. The van der Waals surface area contributed by atoms with Crippen molar-refractivity contribution >= 4 is 17.3 Å². The van der Waals surface area contributed by atoms with Gasteiger partial charge in [0.2, 0.25) is 0 Å². The summed E-state index contributed by atoms with van der Waals surface area (Å²) in [5.74, 6) is 0.221. The Bertz CT molecular complexity index is 572. The minimum Gasteiger partial charge on any atom is -0.497 e. The molecule has 0 heterocycles. The quantitative estimate of drug-likeness (QED) is 0.885. The summed E-state index contributed by atoms with van der Waals surface area (Å²) in [7, 11) is 1.57. The van der Waals surface area contributed by atoms with Crippen LogP contribution in [-0.2, 0) is 0 Å². The van der Waals surface area contributed by atoms with Gasteiger partial charge in [-0.05, 0) is 24.3 Å². The van der Waals surface area contributed by atoms with Gasteiger partial charge in [-0.3, -0.25) is 0 Å². The van der Waals surface area contributed by atoms with E-state index in [-0.39, 0.29) is 17.2 Å². The summed E-state index contributed by atoms with van der Waals surface area (Å²) in [4.78, 5) is 0. The number of hydrogen-bond donors (Lipinski definition) is 2. The third kappa shape index (κ3) is 3.21. The Morgan fingerprint density at radius 1 is 1.30 bits per heavy atom. The van der Waals surface area contributed by atoms with Crippen LogP contribution in [0.3, 0.4) is 0 Å². The monoisotopic (exact) mass is 295 g/mol. The van der Waals surface area contributed by atoms with E-state index in [9.17, 15) is 9.50 Å². The fourth-order valence-electron chi connectivity index (χ4n) is 1.97. The summed E-state index contributed by atoms with van der Waals surface area (Å²) >= 11 is 6.01. The number of aliphatic hydroxyl groups excluding tert-OH is 1. The molecule has 0 aromatic heterocycles. The Kier molecular flexibility index (Phi) is 4.82. The van der Waals surface area contributed by atoms with Crippen molar-refractivity contribution in [1.82, 2.24) is 0 Å². The first-order valence-corrected chi connectivity index (χ1v) is 6.49. The smallest absolute Gasteiger partial charge is 0.130 e. The van der Waals surface area contributed by atoms with E-state index in [1.54, 1.807) is 37.4 Å². The van der Waals surface area contributed by atoms with Crippen molar-refractivity contribution in [2.24, 2.45) is 0 Å². The SMILES string of the molecule is COc1cccc(NC(CO)c2c(F)cccc2Cl)c1. The highest BCUT2D eigenvalue weighted by Crippen LogP contribution is 2.29. The fourth-order valence-corrected chi connectivity index (χ4v) is 2.26. The molecule has 0 aliphatic rings. The standard InChI is InChI=1S/C15H15ClFNO2/c1-20-11-5-2-4-10(8-11)18-14(9-19)15-12(16)6-3-7-13(15)17/h2-8,14,18-19H,9H2,1H3. The molecule has 1 unspecified atom stereocenters. The van der Waals surface area contributed by atoms with Crippen molar-refractivity contribution in [3.8, 4) is 5.75 Å². The molecule has 0 bridgehead atoms. The molecule has 0 saturated carbocycles. The predicted molar refractivity (Wildman–Crippen MR) is 77.9 cm³/mol. The molecule has 2 aromatic rings. The Hall–Kier alpha value is -1.78. The van der Waals surface area contributed by atoms with Crippen LogP contribution in [0.2, 0.25) is 5.02 Å². The lowest BCUT2D eigenvalue weighted by atomic mass is 10.1.